The van der Waals surface area contributed by atoms with Gasteiger partial charge in [-0.05, 0) is 22.5 Å². The zero-order valence-electron chi connectivity index (χ0n) is 11.4. The smallest absolute Gasteiger partial charge is 0.0844 e. The van der Waals surface area contributed by atoms with Crippen LogP contribution < -0.4 is 0 Å². The minimum atomic E-state index is 0.203. The summed E-state index contributed by atoms with van der Waals surface area (Å²) in [5.74, 6) is 0.505. The van der Waals surface area contributed by atoms with E-state index in [1.54, 1.807) is 7.11 Å². The summed E-state index contributed by atoms with van der Waals surface area (Å²) in [5, 5.41) is 0. The predicted molar refractivity (Wildman–Crippen MR) is 69.7 cm³/mol. The Morgan fingerprint density at radius 1 is 1.00 bits per heavy atom. The van der Waals surface area contributed by atoms with Crippen LogP contribution in [0.25, 0.3) is 0 Å². The van der Waals surface area contributed by atoms with Gasteiger partial charge in [0.2, 0.25) is 0 Å². The lowest BCUT2D eigenvalue weighted by Gasteiger charge is -2.22. The molecular formula is C15H24O. The lowest BCUT2D eigenvalue weighted by molar-refractivity contribution is 0.0646. The number of ether oxygens (including phenoxy) is 1. The van der Waals surface area contributed by atoms with Crippen molar-refractivity contribution in [3.63, 3.8) is 0 Å². The molecule has 0 saturated heterocycles. The van der Waals surface area contributed by atoms with Gasteiger partial charge in [-0.25, -0.2) is 0 Å². The Morgan fingerprint density at radius 2 is 1.50 bits per heavy atom. The lowest BCUT2D eigenvalue weighted by atomic mass is 9.86. The molecule has 0 bridgehead atoms. The third-order valence-corrected chi connectivity index (χ3v) is 2.96. The van der Waals surface area contributed by atoms with Crippen molar-refractivity contribution in [1.29, 1.82) is 0 Å². The molecule has 1 rings (SSSR count). The predicted octanol–water partition coefficient (Wildman–Crippen LogP) is 4.33. The van der Waals surface area contributed by atoms with Gasteiger partial charge >= 0.3 is 0 Å². The number of rotatable bonds is 3. The highest BCUT2D eigenvalue weighted by Crippen LogP contribution is 2.28. The second-order valence-electron chi connectivity index (χ2n) is 5.77. The van der Waals surface area contributed by atoms with Crippen molar-refractivity contribution in [2.45, 2.75) is 46.1 Å². The Morgan fingerprint density at radius 3 is 1.81 bits per heavy atom. The fraction of sp³-hybridized carbons (Fsp3) is 0.600. The van der Waals surface area contributed by atoms with Crippen molar-refractivity contribution in [3.8, 4) is 0 Å². The van der Waals surface area contributed by atoms with Crippen molar-refractivity contribution in [3.05, 3.63) is 35.4 Å². The minimum Gasteiger partial charge on any atom is -0.376 e. The summed E-state index contributed by atoms with van der Waals surface area (Å²) in [4.78, 5) is 0. The molecule has 1 aromatic carbocycles. The van der Waals surface area contributed by atoms with E-state index in [0.717, 1.165) is 0 Å². The van der Waals surface area contributed by atoms with E-state index in [2.05, 4.69) is 58.9 Å². The number of hydrogen-bond acceptors (Lipinski definition) is 1. The van der Waals surface area contributed by atoms with Crippen molar-refractivity contribution >= 4 is 0 Å². The maximum atomic E-state index is 5.52. The van der Waals surface area contributed by atoms with Crippen molar-refractivity contribution in [2.24, 2.45) is 5.92 Å². The number of hydrogen-bond donors (Lipinski definition) is 0. The third kappa shape index (κ3) is 3.08. The van der Waals surface area contributed by atoms with Gasteiger partial charge in [-0.3, -0.25) is 0 Å². The van der Waals surface area contributed by atoms with Crippen LogP contribution in [0.1, 0.15) is 51.8 Å². The number of methoxy groups -OCH3 is 1. The molecule has 0 aliphatic heterocycles. The van der Waals surface area contributed by atoms with Gasteiger partial charge in [0, 0.05) is 7.11 Å². The molecule has 0 aromatic heterocycles. The molecule has 1 nitrogen and oxygen atoms in total. The highest BCUT2D eigenvalue weighted by molar-refractivity contribution is 5.28. The van der Waals surface area contributed by atoms with Crippen LogP contribution in [-0.4, -0.2) is 7.11 Å². The average Bonchev–Trinajstić information content (AvgIpc) is 2.17. The summed E-state index contributed by atoms with van der Waals surface area (Å²) in [5.41, 5.74) is 2.86. The Bertz CT molecular complexity index is 316. The van der Waals surface area contributed by atoms with E-state index in [4.69, 9.17) is 4.74 Å². The van der Waals surface area contributed by atoms with Crippen LogP contribution in [0.4, 0.5) is 0 Å². The van der Waals surface area contributed by atoms with E-state index in [1.807, 2.05) is 0 Å². The molecule has 0 heterocycles. The van der Waals surface area contributed by atoms with Gasteiger partial charge in [0.05, 0.1) is 6.10 Å². The van der Waals surface area contributed by atoms with Crippen molar-refractivity contribution in [2.75, 3.05) is 7.11 Å². The summed E-state index contributed by atoms with van der Waals surface area (Å²) in [6, 6.07) is 8.80. The summed E-state index contributed by atoms with van der Waals surface area (Å²) in [6.45, 7) is 11.1. The zero-order chi connectivity index (χ0) is 12.3. The number of benzene rings is 1. The van der Waals surface area contributed by atoms with E-state index >= 15 is 0 Å². The normalized spacial score (nSPS) is 14.2. The van der Waals surface area contributed by atoms with E-state index in [0.29, 0.717) is 5.92 Å². The van der Waals surface area contributed by atoms with Crippen LogP contribution >= 0.6 is 0 Å². The minimum absolute atomic E-state index is 0.203. The molecule has 0 spiro atoms. The Labute approximate surface area is 99.8 Å². The molecule has 1 heteroatoms. The first kappa shape index (κ1) is 13.2. The summed E-state index contributed by atoms with van der Waals surface area (Å²) < 4.78 is 5.52. The highest BCUT2D eigenvalue weighted by Gasteiger charge is 2.17. The molecule has 90 valence electrons. The Hall–Kier alpha value is -0.820. The first-order chi connectivity index (χ1) is 7.36. The third-order valence-electron chi connectivity index (χ3n) is 2.96. The zero-order valence-corrected chi connectivity index (χ0v) is 11.4. The quantitative estimate of drug-likeness (QED) is 0.736. The monoisotopic (exact) mass is 220 g/mol. The molecule has 1 aromatic rings. The molecular weight excluding hydrogens is 196 g/mol. The molecule has 1 atom stereocenters. The van der Waals surface area contributed by atoms with E-state index < -0.39 is 0 Å². The first-order valence-electron chi connectivity index (χ1n) is 5.99. The van der Waals surface area contributed by atoms with E-state index in [1.165, 1.54) is 11.1 Å². The van der Waals surface area contributed by atoms with Crippen molar-refractivity contribution in [1.82, 2.24) is 0 Å². The van der Waals surface area contributed by atoms with Gasteiger partial charge in [0.1, 0.15) is 0 Å². The molecule has 0 fully saturated rings. The van der Waals surface area contributed by atoms with E-state index in [9.17, 15) is 0 Å². The molecule has 0 amide bonds. The summed E-state index contributed by atoms with van der Waals surface area (Å²) in [6.07, 6.45) is 0.203. The molecule has 0 N–H and O–H groups in total. The SMILES string of the molecule is COC(c1ccc(C(C)(C)C)cc1)C(C)C. The first-order valence-corrected chi connectivity index (χ1v) is 5.99. The van der Waals surface area contributed by atoms with Gasteiger partial charge in [0.15, 0.2) is 0 Å². The van der Waals surface area contributed by atoms with Crippen LogP contribution in [0.2, 0.25) is 0 Å². The van der Waals surface area contributed by atoms with Crippen LogP contribution in [0.3, 0.4) is 0 Å². The Kier molecular flexibility index (Phi) is 4.15. The van der Waals surface area contributed by atoms with Crippen molar-refractivity contribution < 1.29 is 4.74 Å². The van der Waals surface area contributed by atoms with Crippen LogP contribution in [-0.2, 0) is 10.2 Å². The lowest BCUT2D eigenvalue weighted by Crippen LogP contribution is -2.12. The summed E-state index contributed by atoms with van der Waals surface area (Å²) >= 11 is 0. The molecule has 0 radical (unpaired) electrons. The highest BCUT2D eigenvalue weighted by atomic mass is 16.5. The van der Waals surface area contributed by atoms with E-state index in [-0.39, 0.29) is 11.5 Å². The van der Waals surface area contributed by atoms with Gasteiger partial charge < -0.3 is 4.74 Å². The fourth-order valence-corrected chi connectivity index (χ4v) is 1.97. The van der Waals surface area contributed by atoms with Gasteiger partial charge in [-0.1, -0.05) is 58.9 Å². The molecule has 0 aliphatic rings. The summed E-state index contributed by atoms with van der Waals surface area (Å²) in [7, 11) is 1.78. The van der Waals surface area contributed by atoms with Crippen LogP contribution in [0.5, 0.6) is 0 Å². The Balaban J connectivity index is 2.94. The standard InChI is InChI=1S/C15H24O/c1-11(2)14(16-6)12-7-9-13(10-8-12)15(3,4)5/h7-11,14H,1-6H3. The average molecular weight is 220 g/mol. The van der Waals surface area contributed by atoms with Gasteiger partial charge in [-0.2, -0.15) is 0 Å². The van der Waals surface area contributed by atoms with Crippen LogP contribution in [0.15, 0.2) is 24.3 Å². The maximum Gasteiger partial charge on any atom is 0.0844 e. The molecule has 16 heavy (non-hydrogen) atoms. The maximum absolute atomic E-state index is 5.52. The molecule has 0 aliphatic carbocycles. The molecule has 0 saturated carbocycles. The van der Waals surface area contributed by atoms with Crippen LogP contribution in [0, 0.1) is 5.92 Å². The second kappa shape index (κ2) is 5.01. The second-order valence-corrected chi connectivity index (χ2v) is 5.77. The largest absolute Gasteiger partial charge is 0.376 e. The van der Waals surface area contributed by atoms with Gasteiger partial charge in [-0.15, -0.1) is 0 Å². The topological polar surface area (TPSA) is 9.23 Å². The van der Waals surface area contributed by atoms with Gasteiger partial charge in [0.25, 0.3) is 0 Å². The fourth-order valence-electron chi connectivity index (χ4n) is 1.97. The molecule has 1 unspecified atom stereocenters.